The monoisotopic (exact) mass is 491 g/mol. The summed E-state index contributed by atoms with van der Waals surface area (Å²) >= 11 is 6.28. The molecule has 0 atom stereocenters. The first kappa shape index (κ1) is 15.5. The van der Waals surface area contributed by atoms with Crippen LogP contribution in [0.3, 0.4) is 0 Å². The molecule has 0 aliphatic carbocycles. The Morgan fingerprint density at radius 1 is 1.23 bits per heavy atom. The molecule has 0 bridgehead atoms. The summed E-state index contributed by atoms with van der Waals surface area (Å²) < 4.78 is 3.61. The van der Waals surface area contributed by atoms with Gasteiger partial charge < -0.3 is 0 Å². The van der Waals surface area contributed by atoms with Crippen molar-refractivity contribution in [3.8, 4) is 0 Å². The topological polar surface area (TPSA) is 77.2 Å². The fourth-order valence-electron chi connectivity index (χ4n) is 1.94. The van der Waals surface area contributed by atoms with Gasteiger partial charge in [-0.05, 0) is 0 Å². The molecule has 0 unspecified atom stereocenters. The van der Waals surface area contributed by atoms with Gasteiger partial charge in [0.2, 0.25) is 0 Å². The standard InChI is InChI=1S/C13H7Br2N3O3Se/c14-7-4-5-10(9(15)6-7)16-17-13(19)8-2-1-3-11(18(20)21)12(8)22-17/h1-6,16H. The molecule has 3 rings (SSSR count). The number of hydrogen-bond acceptors (Lipinski definition) is 4. The summed E-state index contributed by atoms with van der Waals surface area (Å²) in [5, 5.41) is 11.5. The van der Waals surface area contributed by atoms with Crippen molar-refractivity contribution in [3.63, 3.8) is 0 Å². The van der Waals surface area contributed by atoms with Crippen molar-refractivity contribution in [2.45, 2.75) is 0 Å². The van der Waals surface area contributed by atoms with Crippen molar-refractivity contribution in [2.24, 2.45) is 0 Å². The Labute approximate surface area is 147 Å². The molecule has 0 aliphatic rings. The predicted octanol–water partition coefficient (Wildman–Crippen LogP) is 3.37. The molecule has 3 aromatic rings. The van der Waals surface area contributed by atoms with Gasteiger partial charge in [0, 0.05) is 0 Å². The van der Waals surface area contributed by atoms with Gasteiger partial charge in [-0.3, -0.25) is 0 Å². The number of non-ortho nitro benzene ring substituents is 1. The zero-order chi connectivity index (χ0) is 15.9. The third kappa shape index (κ3) is 2.77. The number of hydrogen-bond donors (Lipinski definition) is 1. The Bertz CT molecular complexity index is 951. The van der Waals surface area contributed by atoms with E-state index >= 15 is 0 Å². The van der Waals surface area contributed by atoms with Crippen molar-refractivity contribution in [1.82, 2.24) is 3.67 Å². The summed E-state index contributed by atoms with van der Waals surface area (Å²) in [6, 6.07) is 10.1. The summed E-state index contributed by atoms with van der Waals surface area (Å²) in [6.45, 7) is 0. The summed E-state index contributed by atoms with van der Waals surface area (Å²) in [6.07, 6.45) is 0. The van der Waals surface area contributed by atoms with Crippen molar-refractivity contribution >= 4 is 67.6 Å². The number of anilines is 1. The van der Waals surface area contributed by atoms with Crippen LogP contribution < -0.4 is 11.0 Å². The predicted molar refractivity (Wildman–Crippen MR) is 92.7 cm³/mol. The SMILES string of the molecule is O=c1c2cccc([N+](=O)[O-])c2[se]n1Nc1ccc(Br)cc1Br. The third-order valence-corrected chi connectivity index (χ3v) is 6.30. The van der Waals surface area contributed by atoms with Gasteiger partial charge in [-0.1, -0.05) is 0 Å². The summed E-state index contributed by atoms with van der Waals surface area (Å²) in [5.41, 5.74) is 3.47. The number of nitrogens with one attached hydrogen (secondary N) is 1. The van der Waals surface area contributed by atoms with Crippen LogP contribution in [0.25, 0.3) is 9.65 Å². The molecular formula is C13H7Br2N3O3Se. The van der Waals surface area contributed by atoms with E-state index < -0.39 is 19.7 Å². The van der Waals surface area contributed by atoms with E-state index in [0.29, 0.717) is 15.3 Å². The second-order valence-electron chi connectivity index (χ2n) is 4.34. The average molecular weight is 492 g/mol. The molecule has 0 saturated carbocycles. The Kier molecular flexibility index (Phi) is 4.22. The van der Waals surface area contributed by atoms with Gasteiger partial charge in [0.25, 0.3) is 0 Å². The number of nitro groups is 1. The molecule has 6 nitrogen and oxygen atoms in total. The minimum atomic E-state index is -0.497. The molecule has 0 radical (unpaired) electrons. The second-order valence-corrected chi connectivity index (χ2v) is 8.11. The summed E-state index contributed by atoms with van der Waals surface area (Å²) in [5.74, 6) is 0. The van der Waals surface area contributed by atoms with Crippen molar-refractivity contribution < 1.29 is 4.92 Å². The molecule has 0 fully saturated rings. The molecule has 2 aromatic carbocycles. The van der Waals surface area contributed by atoms with Crippen LogP contribution in [-0.2, 0) is 0 Å². The Morgan fingerprint density at radius 2 is 2.00 bits per heavy atom. The quantitative estimate of drug-likeness (QED) is 0.346. The first-order valence-electron chi connectivity index (χ1n) is 5.99. The van der Waals surface area contributed by atoms with Crippen LogP contribution in [0.5, 0.6) is 0 Å². The first-order valence-corrected chi connectivity index (χ1v) is 9.20. The van der Waals surface area contributed by atoms with Gasteiger partial charge in [0.05, 0.1) is 0 Å². The van der Waals surface area contributed by atoms with Crippen LogP contribution in [0.4, 0.5) is 11.4 Å². The van der Waals surface area contributed by atoms with E-state index in [4.69, 9.17) is 0 Å². The molecule has 9 heteroatoms. The van der Waals surface area contributed by atoms with E-state index in [0.717, 1.165) is 8.95 Å². The molecule has 0 saturated heterocycles. The molecule has 112 valence electrons. The fourth-order valence-corrected chi connectivity index (χ4v) is 5.17. The summed E-state index contributed by atoms with van der Waals surface area (Å²) in [7, 11) is 0. The third-order valence-electron chi connectivity index (χ3n) is 2.94. The zero-order valence-electron chi connectivity index (χ0n) is 10.7. The Morgan fingerprint density at radius 3 is 2.68 bits per heavy atom. The van der Waals surface area contributed by atoms with Gasteiger partial charge in [-0.25, -0.2) is 0 Å². The van der Waals surface area contributed by atoms with Crippen LogP contribution in [0, 0.1) is 10.1 Å². The van der Waals surface area contributed by atoms with Gasteiger partial charge in [-0.15, -0.1) is 0 Å². The molecule has 1 heterocycles. The number of halogens is 2. The van der Waals surface area contributed by atoms with Crippen molar-refractivity contribution in [3.05, 3.63) is 65.8 Å². The maximum atomic E-state index is 12.4. The number of rotatable bonds is 3. The molecule has 0 spiro atoms. The van der Waals surface area contributed by atoms with E-state index in [2.05, 4.69) is 37.3 Å². The zero-order valence-corrected chi connectivity index (χ0v) is 15.6. The minimum absolute atomic E-state index is 0.00924. The van der Waals surface area contributed by atoms with Crippen LogP contribution in [0.15, 0.2) is 50.1 Å². The Balaban J connectivity index is 2.12. The van der Waals surface area contributed by atoms with E-state index in [-0.39, 0.29) is 11.2 Å². The molecular weight excluding hydrogens is 485 g/mol. The van der Waals surface area contributed by atoms with Gasteiger partial charge >= 0.3 is 147 Å². The molecule has 1 N–H and O–H groups in total. The van der Waals surface area contributed by atoms with Gasteiger partial charge in [0.15, 0.2) is 0 Å². The second kappa shape index (κ2) is 6.00. The number of aromatic nitrogens is 1. The van der Waals surface area contributed by atoms with Gasteiger partial charge in [0.1, 0.15) is 0 Å². The van der Waals surface area contributed by atoms with Crippen LogP contribution in [0.2, 0.25) is 0 Å². The van der Waals surface area contributed by atoms with E-state index in [9.17, 15) is 14.9 Å². The fraction of sp³-hybridized carbons (Fsp3) is 0. The van der Waals surface area contributed by atoms with Gasteiger partial charge in [-0.2, -0.15) is 0 Å². The molecule has 0 aliphatic heterocycles. The van der Waals surface area contributed by atoms with Crippen LogP contribution in [-0.4, -0.2) is 23.3 Å². The number of nitro benzene ring substituents is 1. The maximum absolute atomic E-state index is 12.4. The normalized spacial score (nSPS) is 10.8. The number of benzene rings is 2. The average Bonchev–Trinajstić information content (AvgIpc) is 2.78. The molecule has 1 aromatic heterocycles. The number of fused-ring (bicyclic) bond motifs is 1. The summed E-state index contributed by atoms with van der Waals surface area (Å²) in [4.78, 5) is 23.0. The Hall–Kier alpha value is -1.41. The first-order chi connectivity index (χ1) is 10.5. The van der Waals surface area contributed by atoms with Crippen LogP contribution in [0.1, 0.15) is 0 Å². The van der Waals surface area contributed by atoms with Crippen molar-refractivity contribution in [1.29, 1.82) is 0 Å². The van der Waals surface area contributed by atoms with Crippen LogP contribution >= 0.6 is 31.9 Å². The van der Waals surface area contributed by atoms with Crippen molar-refractivity contribution in [2.75, 3.05) is 5.43 Å². The number of nitrogens with zero attached hydrogens (tertiary/aromatic N) is 2. The van der Waals surface area contributed by atoms with E-state index in [1.165, 1.54) is 15.8 Å². The molecule has 22 heavy (non-hydrogen) atoms. The molecule has 0 amide bonds. The van der Waals surface area contributed by atoms with E-state index in [1.54, 1.807) is 6.07 Å². The van der Waals surface area contributed by atoms with E-state index in [1.807, 2.05) is 18.2 Å².